The summed E-state index contributed by atoms with van der Waals surface area (Å²) in [5.41, 5.74) is 7.23. The molecule has 5 N–H and O–H groups in total. The molecular formula is C25H23FN8O3. The lowest BCUT2D eigenvalue weighted by Crippen LogP contribution is -2.42. The van der Waals surface area contributed by atoms with E-state index < -0.39 is 17.6 Å². The summed E-state index contributed by atoms with van der Waals surface area (Å²) < 4.78 is 13.0. The molecule has 11 nitrogen and oxygen atoms in total. The largest absolute Gasteiger partial charge is 0.366 e. The number of fused-ring (bicyclic) bond motifs is 1. The number of halogens is 1. The summed E-state index contributed by atoms with van der Waals surface area (Å²) in [6.07, 6.45) is 3.55. The Bertz CT molecular complexity index is 1480. The Labute approximate surface area is 210 Å². The first-order chi connectivity index (χ1) is 17.9. The van der Waals surface area contributed by atoms with E-state index in [4.69, 9.17) is 5.73 Å². The lowest BCUT2D eigenvalue weighted by atomic mass is 10.0. The van der Waals surface area contributed by atoms with Crippen molar-refractivity contribution in [2.75, 3.05) is 23.7 Å². The minimum Gasteiger partial charge on any atom is -0.366 e. The number of likely N-dealkylation sites (tertiary alicyclic amines) is 1. The van der Waals surface area contributed by atoms with E-state index in [1.54, 1.807) is 41.3 Å². The van der Waals surface area contributed by atoms with Crippen LogP contribution >= 0.6 is 0 Å². The number of carbonyl (C=O) groups is 3. The maximum atomic E-state index is 13.1. The molecule has 1 aliphatic heterocycles. The first kappa shape index (κ1) is 23.9. The molecule has 0 unspecified atom stereocenters. The van der Waals surface area contributed by atoms with E-state index in [9.17, 15) is 18.8 Å². The van der Waals surface area contributed by atoms with Gasteiger partial charge in [0.15, 0.2) is 5.82 Å². The molecule has 3 amide bonds. The summed E-state index contributed by atoms with van der Waals surface area (Å²) in [4.78, 5) is 54.4. The van der Waals surface area contributed by atoms with Crippen LogP contribution in [-0.4, -0.2) is 61.7 Å². The number of aromatic nitrogens is 4. The molecule has 3 heterocycles. The molecule has 2 aromatic carbocycles. The van der Waals surface area contributed by atoms with Crippen LogP contribution in [0.3, 0.4) is 0 Å². The number of H-pyrrole nitrogens is 1. The van der Waals surface area contributed by atoms with Crippen LogP contribution < -0.4 is 16.4 Å². The van der Waals surface area contributed by atoms with Crippen molar-refractivity contribution in [3.05, 3.63) is 77.4 Å². The number of imidazole rings is 1. The van der Waals surface area contributed by atoms with Gasteiger partial charge >= 0.3 is 0 Å². The molecule has 1 fully saturated rings. The topological polar surface area (TPSA) is 159 Å². The van der Waals surface area contributed by atoms with Crippen LogP contribution in [0.5, 0.6) is 0 Å². The Balaban J connectivity index is 1.22. The van der Waals surface area contributed by atoms with Crippen molar-refractivity contribution >= 4 is 40.7 Å². The SMILES string of the molecule is NC(=O)c1cccc2[nH]c(NC(=O)c3cccc(C(=O)N4CCC(Nc5ncc(F)cn5)CC4)c3)nc12. The monoisotopic (exact) mass is 502 g/mol. The number of nitrogens with two attached hydrogens (primary N) is 1. The van der Waals surface area contributed by atoms with Crippen LogP contribution in [-0.2, 0) is 0 Å². The number of nitrogens with zero attached hydrogens (tertiary/aromatic N) is 4. The van der Waals surface area contributed by atoms with Gasteiger partial charge in [-0.1, -0.05) is 12.1 Å². The summed E-state index contributed by atoms with van der Waals surface area (Å²) in [7, 11) is 0. The number of nitrogens with one attached hydrogen (secondary N) is 3. The van der Waals surface area contributed by atoms with E-state index in [0.29, 0.717) is 48.5 Å². The minimum absolute atomic E-state index is 0.0607. The van der Waals surface area contributed by atoms with Crippen molar-refractivity contribution in [1.29, 1.82) is 0 Å². The maximum absolute atomic E-state index is 13.1. The van der Waals surface area contributed by atoms with Gasteiger partial charge in [-0.25, -0.2) is 19.3 Å². The van der Waals surface area contributed by atoms with Gasteiger partial charge in [-0.05, 0) is 43.2 Å². The highest BCUT2D eigenvalue weighted by Crippen LogP contribution is 2.20. The summed E-state index contributed by atoms with van der Waals surface area (Å²) in [6.45, 7) is 1.02. The molecule has 0 aliphatic carbocycles. The Morgan fingerprint density at radius 3 is 2.46 bits per heavy atom. The first-order valence-electron chi connectivity index (χ1n) is 11.6. The Morgan fingerprint density at radius 2 is 1.73 bits per heavy atom. The summed E-state index contributed by atoms with van der Waals surface area (Å²) in [5.74, 6) is -1.26. The van der Waals surface area contributed by atoms with Crippen LogP contribution in [0.15, 0.2) is 54.9 Å². The normalized spacial score (nSPS) is 13.9. The van der Waals surface area contributed by atoms with Crippen molar-refractivity contribution in [2.24, 2.45) is 5.73 Å². The van der Waals surface area contributed by atoms with E-state index in [2.05, 4.69) is 30.6 Å². The standard InChI is InChI=1S/C25H23FN8O3/c26-16-12-28-24(29-13-16)30-17-7-9-34(10-8-17)23(37)15-4-1-3-14(11-15)22(36)33-25-31-19-6-2-5-18(21(27)35)20(19)32-25/h1-6,11-13,17H,7-10H2,(H2,27,35)(H,28,29,30)(H2,31,32,33,36). The molecule has 188 valence electrons. The molecule has 0 atom stereocenters. The molecule has 1 saturated heterocycles. The Morgan fingerprint density at radius 1 is 1.03 bits per heavy atom. The fraction of sp³-hybridized carbons (Fsp3) is 0.200. The third-order valence-corrected chi connectivity index (χ3v) is 6.12. The van der Waals surface area contributed by atoms with E-state index in [1.165, 1.54) is 6.07 Å². The zero-order valence-corrected chi connectivity index (χ0v) is 19.6. The third-order valence-electron chi connectivity index (χ3n) is 6.12. The van der Waals surface area contributed by atoms with Gasteiger partial charge in [0.1, 0.15) is 5.52 Å². The number of anilines is 2. The number of amides is 3. The fourth-order valence-corrected chi connectivity index (χ4v) is 4.24. The molecule has 0 saturated carbocycles. The molecule has 37 heavy (non-hydrogen) atoms. The average molecular weight is 503 g/mol. The predicted octanol–water partition coefficient (Wildman–Crippen LogP) is 2.56. The van der Waals surface area contributed by atoms with Crippen LogP contribution in [0, 0.1) is 5.82 Å². The number of piperidine rings is 1. The number of hydrogen-bond donors (Lipinski definition) is 4. The second-order valence-electron chi connectivity index (χ2n) is 8.62. The number of rotatable bonds is 6. The predicted molar refractivity (Wildman–Crippen MR) is 134 cm³/mol. The summed E-state index contributed by atoms with van der Waals surface area (Å²) >= 11 is 0. The number of carbonyl (C=O) groups excluding carboxylic acids is 3. The molecule has 0 spiro atoms. The smallest absolute Gasteiger partial charge is 0.257 e. The quantitative estimate of drug-likeness (QED) is 0.315. The molecule has 0 radical (unpaired) electrons. The van der Waals surface area contributed by atoms with Gasteiger partial charge in [0, 0.05) is 30.3 Å². The van der Waals surface area contributed by atoms with Gasteiger partial charge in [-0.2, -0.15) is 0 Å². The zero-order chi connectivity index (χ0) is 25.9. The van der Waals surface area contributed by atoms with Crippen LogP contribution in [0.2, 0.25) is 0 Å². The lowest BCUT2D eigenvalue weighted by molar-refractivity contribution is 0.0718. The van der Waals surface area contributed by atoms with E-state index in [0.717, 1.165) is 12.4 Å². The van der Waals surface area contributed by atoms with Crippen molar-refractivity contribution in [2.45, 2.75) is 18.9 Å². The summed E-state index contributed by atoms with van der Waals surface area (Å²) in [6, 6.07) is 11.4. The molecule has 4 aromatic rings. The molecular weight excluding hydrogens is 479 g/mol. The van der Waals surface area contributed by atoms with Gasteiger partial charge in [-0.3, -0.25) is 19.7 Å². The van der Waals surface area contributed by atoms with Crippen molar-refractivity contribution in [3.63, 3.8) is 0 Å². The minimum atomic E-state index is -0.621. The van der Waals surface area contributed by atoms with Crippen molar-refractivity contribution < 1.29 is 18.8 Å². The highest BCUT2D eigenvalue weighted by atomic mass is 19.1. The fourth-order valence-electron chi connectivity index (χ4n) is 4.24. The van der Waals surface area contributed by atoms with E-state index in [1.807, 2.05) is 0 Å². The summed E-state index contributed by atoms with van der Waals surface area (Å²) in [5, 5.41) is 5.83. The maximum Gasteiger partial charge on any atom is 0.257 e. The van der Waals surface area contributed by atoms with Gasteiger partial charge in [0.05, 0.1) is 23.5 Å². The Hall–Kier alpha value is -4.87. The van der Waals surface area contributed by atoms with Gasteiger partial charge in [0.2, 0.25) is 11.9 Å². The third kappa shape index (κ3) is 5.22. The molecule has 1 aliphatic rings. The second kappa shape index (κ2) is 10.0. The number of hydrogen-bond acceptors (Lipinski definition) is 7. The molecule has 2 aromatic heterocycles. The molecule has 5 rings (SSSR count). The highest BCUT2D eigenvalue weighted by molar-refractivity contribution is 6.07. The first-order valence-corrected chi connectivity index (χ1v) is 11.6. The van der Waals surface area contributed by atoms with E-state index >= 15 is 0 Å². The molecule has 12 heteroatoms. The van der Waals surface area contributed by atoms with Crippen LogP contribution in [0.25, 0.3) is 11.0 Å². The van der Waals surface area contributed by atoms with Crippen LogP contribution in [0.1, 0.15) is 43.9 Å². The molecule has 0 bridgehead atoms. The van der Waals surface area contributed by atoms with Gasteiger partial charge in [-0.15, -0.1) is 0 Å². The van der Waals surface area contributed by atoms with Crippen LogP contribution in [0.4, 0.5) is 16.3 Å². The second-order valence-corrected chi connectivity index (χ2v) is 8.62. The number of aromatic amines is 1. The number of primary amides is 1. The van der Waals surface area contributed by atoms with Crippen molar-refractivity contribution in [1.82, 2.24) is 24.8 Å². The van der Waals surface area contributed by atoms with Crippen molar-refractivity contribution in [3.8, 4) is 0 Å². The Kier molecular flexibility index (Phi) is 6.45. The average Bonchev–Trinajstić information content (AvgIpc) is 3.32. The number of para-hydroxylation sites is 1. The zero-order valence-electron chi connectivity index (χ0n) is 19.6. The van der Waals surface area contributed by atoms with Gasteiger partial charge < -0.3 is 20.9 Å². The number of benzene rings is 2. The lowest BCUT2D eigenvalue weighted by Gasteiger charge is -2.32. The van der Waals surface area contributed by atoms with E-state index in [-0.39, 0.29) is 29.0 Å². The van der Waals surface area contributed by atoms with Gasteiger partial charge in [0.25, 0.3) is 17.7 Å². The highest BCUT2D eigenvalue weighted by Gasteiger charge is 2.25.